The van der Waals surface area contributed by atoms with Crippen molar-refractivity contribution in [3.8, 4) is 0 Å². The van der Waals surface area contributed by atoms with Crippen LogP contribution in [0.15, 0.2) is 17.2 Å². The molecule has 0 aliphatic carbocycles. The lowest BCUT2D eigenvalue weighted by atomic mass is 10.2. The number of aromatic nitrogens is 1. The van der Waals surface area contributed by atoms with Crippen LogP contribution in [0.1, 0.15) is 16.8 Å². The summed E-state index contributed by atoms with van der Waals surface area (Å²) in [5.74, 6) is -0.0506. The molecule has 1 rings (SSSR count). The molecule has 0 unspecified atom stereocenters. The van der Waals surface area contributed by atoms with Gasteiger partial charge in [-0.25, -0.2) is 9.78 Å². The van der Waals surface area contributed by atoms with Crippen molar-refractivity contribution in [2.24, 2.45) is 0 Å². The quantitative estimate of drug-likeness (QED) is 0.632. The molecule has 0 aliphatic heterocycles. The summed E-state index contributed by atoms with van der Waals surface area (Å²) in [6, 6.07) is 1.45. The number of hydrogen-bond acceptors (Lipinski definition) is 7. The van der Waals surface area contributed by atoms with Crippen LogP contribution in [0.5, 0.6) is 0 Å². The number of methoxy groups -OCH3 is 2. The number of nitrogens with two attached hydrogens (primary N) is 1. The Morgan fingerprint density at radius 3 is 2.72 bits per heavy atom. The minimum Gasteiger partial charge on any atom is -0.469 e. The van der Waals surface area contributed by atoms with Gasteiger partial charge in [0.2, 0.25) is 0 Å². The molecule has 0 amide bonds. The van der Waals surface area contributed by atoms with Gasteiger partial charge in [0.25, 0.3) is 0 Å². The molecule has 0 atom stereocenters. The zero-order valence-corrected chi connectivity index (χ0v) is 11.0. The van der Waals surface area contributed by atoms with Gasteiger partial charge in [-0.3, -0.25) is 4.79 Å². The standard InChI is InChI=1S/C11H14N2O4S/c1-16-10(14)3-4-18-8-6-13-9(12)5-7(8)11(15)17-2/h5-6H,3-4H2,1-2H3,(H2,12,13). The van der Waals surface area contributed by atoms with E-state index in [1.54, 1.807) is 0 Å². The van der Waals surface area contributed by atoms with E-state index < -0.39 is 5.97 Å². The molecule has 7 heteroatoms. The second-order valence-corrected chi connectivity index (χ2v) is 4.41. The first-order valence-corrected chi connectivity index (χ1v) is 6.10. The Hall–Kier alpha value is -1.76. The fourth-order valence-electron chi connectivity index (χ4n) is 1.19. The second-order valence-electron chi connectivity index (χ2n) is 3.27. The zero-order chi connectivity index (χ0) is 13.5. The van der Waals surface area contributed by atoms with Gasteiger partial charge in [-0.05, 0) is 6.07 Å². The normalized spacial score (nSPS) is 9.89. The molecule has 0 bridgehead atoms. The minimum absolute atomic E-state index is 0.243. The summed E-state index contributed by atoms with van der Waals surface area (Å²) < 4.78 is 9.18. The maximum absolute atomic E-state index is 11.5. The number of thioether (sulfide) groups is 1. The van der Waals surface area contributed by atoms with E-state index in [9.17, 15) is 9.59 Å². The third-order valence-corrected chi connectivity index (χ3v) is 3.13. The topological polar surface area (TPSA) is 91.5 Å². The molecule has 2 N–H and O–H groups in total. The molecule has 0 fully saturated rings. The summed E-state index contributed by atoms with van der Waals surface area (Å²) in [6.07, 6.45) is 1.75. The van der Waals surface area contributed by atoms with Crippen LogP contribution in [0.3, 0.4) is 0 Å². The van der Waals surface area contributed by atoms with Gasteiger partial charge in [-0.2, -0.15) is 0 Å². The van der Waals surface area contributed by atoms with E-state index in [2.05, 4.69) is 14.5 Å². The molecule has 98 valence electrons. The number of anilines is 1. The van der Waals surface area contributed by atoms with Crippen LogP contribution in [-0.2, 0) is 14.3 Å². The summed E-state index contributed by atoms with van der Waals surface area (Å²) in [6.45, 7) is 0. The second kappa shape index (κ2) is 6.85. The molecule has 0 saturated heterocycles. The van der Waals surface area contributed by atoms with E-state index in [-0.39, 0.29) is 18.2 Å². The van der Waals surface area contributed by atoms with Crippen LogP contribution >= 0.6 is 11.8 Å². The highest BCUT2D eigenvalue weighted by molar-refractivity contribution is 7.99. The first-order valence-electron chi connectivity index (χ1n) is 5.12. The van der Waals surface area contributed by atoms with Gasteiger partial charge in [0.05, 0.1) is 26.2 Å². The molecule has 18 heavy (non-hydrogen) atoms. The summed E-state index contributed by atoms with van der Waals surface area (Å²) in [5, 5.41) is 0. The zero-order valence-electron chi connectivity index (χ0n) is 10.1. The number of pyridine rings is 1. The van der Waals surface area contributed by atoms with Gasteiger partial charge < -0.3 is 15.2 Å². The van der Waals surface area contributed by atoms with Crippen LogP contribution in [0.25, 0.3) is 0 Å². The maximum Gasteiger partial charge on any atom is 0.339 e. The van der Waals surface area contributed by atoms with Crippen molar-refractivity contribution < 1.29 is 19.1 Å². The first kappa shape index (κ1) is 14.3. The van der Waals surface area contributed by atoms with E-state index >= 15 is 0 Å². The van der Waals surface area contributed by atoms with E-state index in [0.29, 0.717) is 16.2 Å². The molecule has 0 aromatic carbocycles. The van der Waals surface area contributed by atoms with Crippen LogP contribution in [0, 0.1) is 0 Å². The summed E-state index contributed by atoms with van der Waals surface area (Å²) in [4.78, 5) is 27.0. The van der Waals surface area contributed by atoms with Gasteiger partial charge in [-0.1, -0.05) is 0 Å². The highest BCUT2D eigenvalue weighted by Crippen LogP contribution is 2.24. The summed E-state index contributed by atoms with van der Waals surface area (Å²) >= 11 is 1.32. The lowest BCUT2D eigenvalue weighted by molar-refractivity contribution is -0.140. The Balaban J connectivity index is 2.75. The number of nitrogens with zero attached hydrogens (tertiary/aromatic N) is 1. The average Bonchev–Trinajstić information content (AvgIpc) is 2.39. The molecule has 0 aliphatic rings. The molecule has 0 radical (unpaired) electrons. The van der Waals surface area contributed by atoms with Crippen molar-refractivity contribution in [3.63, 3.8) is 0 Å². The van der Waals surface area contributed by atoms with Gasteiger partial charge >= 0.3 is 11.9 Å². The van der Waals surface area contributed by atoms with Crippen molar-refractivity contribution in [1.82, 2.24) is 4.98 Å². The average molecular weight is 270 g/mol. The molecule has 0 spiro atoms. The molecule has 1 aromatic heterocycles. The van der Waals surface area contributed by atoms with E-state index in [0.717, 1.165) is 0 Å². The molecule has 1 heterocycles. The van der Waals surface area contributed by atoms with Gasteiger partial charge in [-0.15, -0.1) is 11.8 Å². The number of esters is 2. The third-order valence-electron chi connectivity index (χ3n) is 2.09. The highest BCUT2D eigenvalue weighted by atomic mass is 32.2. The van der Waals surface area contributed by atoms with Crippen LogP contribution in [0.2, 0.25) is 0 Å². The molecule has 1 aromatic rings. The number of carbonyl (C=O) groups is 2. The number of hydrogen-bond donors (Lipinski definition) is 1. The Morgan fingerprint density at radius 2 is 2.11 bits per heavy atom. The largest absolute Gasteiger partial charge is 0.469 e. The summed E-state index contributed by atoms with van der Waals surface area (Å²) in [5.41, 5.74) is 5.86. The van der Waals surface area contributed by atoms with Crippen molar-refractivity contribution in [2.45, 2.75) is 11.3 Å². The molecular weight excluding hydrogens is 256 g/mol. The first-order chi connectivity index (χ1) is 8.58. The SMILES string of the molecule is COC(=O)CCSc1cnc(N)cc1C(=O)OC. The van der Waals surface area contributed by atoms with Crippen molar-refractivity contribution in [1.29, 1.82) is 0 Å². The molecule has 6 nitrogen and oxygen atoms in total. The third kappa shape index (κ3) is 3.92. The van der Waals surface area contributed by atoms with Gasteiger partial charge in [0, 0.05) is 16.8 Å². The fourth-order valence-corrected chi connectivity index (χ4v) is 2.10. The lowest BCUT2D eigenvalue weighted by Gasteiger charge is -2.07. The predicted molar refractivity (Wildman–Crippen MR) is 67.3 cm³/mol. The molecular formula is C11H14N2O4S. The fraction of sp³-hybridized carbons (Fsp3) is 0.364. The van der Waals surface area contributed by atoms with Crippen LogP contribution in [0.4, 0.5) is 5.82 Å². The number of nitrogen functional groups attached to an aromatic ring is 1. The van der Waals surface area contributed by atoms with E-state index in [1.807, 2.05) is 0 Å². The van der Waals surface area contributed by atoms with Gasteiger partial charge in [0.1, 0.15) is 5.82 Å². The van der Waals surface area contributed by atoms with Crippen molar-refractivity contribution in [2.75, 3.05) is 25.7 Å². The van der Waals surface area contributed by atoms with Crippen LogP contribution < -0.4 is 5.73 Å². The van der Waals surface area contributed by atoms with Crippen LogP contribution in [-0.4, -0.2) is 36.9 Å². The highest BCUT2D eigenvalue weighted by Gasteiger charge is 2.14. The number of ether oxygens (including phenoxy) is 2. The smallest absolute Gasteiger partial charge is 0.339 e. The van der Waals surface area contributed by atoms with Crippen molar-refractivity contribution in [3.05, 3.63) is 17.8 Å². The Morgan fingerprint density at radius 1 is 1.39 bits per heavy atom. The minimum atomic E-state index is -0.482. The summed E-state index contributed by atoms with van der Waals surface area (Å²) in [7, 11) is 2.62. The van der Waals surface area contributed by atoms with Crippen molar-refractivity contribution >= 4 is 29.5 Å². The van der Waals surface area contributed by atoms with E-state index in [1.165, 1.54) is 38.2 Å². The maximum atomic E-state index is 11.5. The lowest BCUT2D eigenvalue weighted by Crippen LogP contribution is -2.06. The number of rotatable bonds is 5. The van der Waals surface area contributed by atoms with Gasteiger partial charge in [0.15, 0.2) is 0 Å². The Labute approximate surface area is 109 Å². The molecule has 0 saturated carbocycles. The Kier molecular flexibility index (Phi) is 5.44. The number of carbonyl (C=O) groups excluding carboxylic acids is 2. The predicted octanol–water partition coefficient (Wildman–Crippen LogP) is 1.11. The van der Waals surface area contributed by atoms with E-state index in [4.69, 9.17) is 5.73 Å². The monoisotopic (exact) mass is 270 g/mol. The Bertz CT molecular complexity index is 451.